The molecule has 0 bridgehead atoms. The summed E-state index contributed by atoms with van der Waals surface area (Å²) in [4.78, 5) is 11.5. The summed E-state index contributed by atoms with van der Waals surface area (Å²) in [5.74, 6) is 3.14. The van der Waals surface area contributed by atoms with Crippen molar-refractivity contribution in [2.24, 2.45) is 0 Å². The summed E-state index contributed by atoms with van der Waals surface area (Å²) in [5, 5.41) is 0. The molecule has 3 aromatic rings. The lowest BCUT2D eigenvalue weighted by atomic mass is 9.99. The van der Waals surface area contributed by atoms with Crippen LogP contribution in [0.1, 0.15) is 91.2 Å². The van der Waals surface area contributed by atoms with Crippen LogP contribution in [0.5, 0.6) is 17.2 Å². The summed E-state index contributed by atoms with van der Waals surface area (Å²) < 4.78 is 27.5. The molecule has 6 nitrogen and oxygen atoms in total. The van der Waals surface area contributed by atoms with Crippen molar-refractivity contribution in [3.8, 4) is 17.2 Å². The predicted molar refractivity (Wildman–Crippen MR) is 170 cm³/mol. The molecule has 42 heavy (non-hydrogen) atoms. The number of esters is 1. The largest absolute Gasteiger partial charge is 0.491 e. The number of hydrogen-bond acceptors (Lipinski definition) is 6. The van der Waals surface area contributed by atoms with E-state index in [-0.39, 0.29) is 18.9 Å². The molecule has 3 aromatic carbocycles. The molecule has 0 fully saturated rings. The van der Waals surface area contributed by atoms with Gasteiger partial charge in [0.2, 0.25) is 0 Å². The molecule has 0 aliphatic carbocycles. The van der Waals surface area contributed by atoms with Gasteiger partial charge in [0.05, 0.1) is 6.61 Å². The smallest absolute Gasteiger partial charge is 0.344 e. The molecule has 0 aromatic heterocycles. The van der Waals surface area contributed by atoms with Gasteiger partial charge in [-0.05, 0) is 99.9 Å². The quantitative estimate of drug-likeness (QED) is 0.108. The summed E-state index contributed by atoms with van der Waals surface area (Å²) >= 11 is 0. The molecule has 0 aliphatic heterocycles. The molecule has 0 saturated carbocycles. The number of carbonyl (C=O) groups is 1. The van der Waals surface area contributed by atoms with Crippen molar-refractivity contribution < 1.29 is 28.5 Å². The second kappa shape index (κ2) is 18.1. The lowest BCUT2D eigenvalue weighted by Crippen LogP contribution is -2.27. The first-order valence-corrected chi connectivity index (χ1v) is 15.0. The maximum atomic E-state index is 11.5. The van der Waals surface area contributed by atoms with Crippen LogP contribution in [0.2, 0.25) is 0 Å². The van der Waals surface area contributed by atoms with Crippen LogP contribution in [0.25, 0.3) is 0 Å². The number of ether oxygens (including phenoxy) is 5. The summed E-state index contributed by atoms with van der Waals surface area (Å²) in [6.07, 6.45) is 1.95. The summed E-state index contributed by atoms with van der Waals surface area (Å²) in [7, 11) is 0. The molecule has 0 heterocycles. The molecule has 0 aliphatic rings. The van der Waals surface area contributed by atoms with Crippen molar-refractivity contribution >= 4 is 5.97 Å². The molecule has 230 valence electrons. The average Bonchev–Trinajstić information content (AvgIpc) is 2.98. The topological polar surface area (TPSA) is 63.2 Å². The van der Waals surface area contributed by atoms with Gasteiger partial charge in [0.1, 0.15) is 29.5 Å². The van der Waals surface area contributed by atoms with E-state index in [1.807, 2.05) is 94.4 Å². The molecular weight excluding hydrogens is 528 g/mol. The highest BCUT2D eigenvalue weighted by Crippen LogP contribution is 2.23. The van der Waals surface area contributed by atoms with Gasteiger partial charge in [-0.3, -0.25) is 0 Å². The lowest BCUT2D eigenvalue weighted by Gasteiger charge is -2.19. The van der Waals surface area contributed by atoms with Crippen LogP contribution >= 0.6 is 0 Å². The molecule has 6 heteroatoms. The zero-order valence-corrected chi connectivity index (χ0v) is 26.7. The van der Waals surface area contributed by atoms with E-state index in [0.717, 1.165) is 24.3 Å². The SMILES string of the molecule is CCC(C)c1ccc(OC(C)OCCOc2ccccc2)cc1.CCC(C)c1ccc(OCC(=O)OC(C)(C)C)cc1. The van der Waals surface area contributed by atoms with Crippen molar-refractivity contribution in [1.82, 2.24) is 0 Å². The van der Waals surface area contributed by atoms with Gasteiger partial charge < -0.3 is 23.7 Å². The fourth-order valence-corrected chi connectivity index (χ4v) is 3.87. The number of carbonyl (C=O) groups excluding carboxylic acids is 1. The number of hydrogen-bond donors (Lipinski definition) is 0. The van der Waals surface area contributed by atoms with Crippen LogP contribution < -0.4 is 14.2 Å². The van der Waals surface area contributed by atoms with E-state index in [9.17, 15) is 4.79 Å². The Morgan fingerprint density at radius 1 is 0.667 bits per heavy atom. The van der Waals surface area contributed by atoms with Crippen molar-refractivity contribution in [2.45, 2.75) is 92.0 Å². The second-order valence-corrected chi connectivity index (χ2v) is 11.3. The van der Waals surface area contributed by atoms with Gasteiger partial charge in [0.15, 0.2) is 12.9 Å². The Labute approximate surface area is 253 Å². The normalized spacial score (nSPS) is 13.1. The molecular formula is C36H50O6. The molecule has 0 amide bonds. The Morgan fingerprint density at radius 3 is 1.67 bits per heavy atom. The van der Waals surface area contributed by atoms with Gasteiger partial charge >= 0.3 is 5.97 Å². The van der Waals surface area contributed by atoms with Crippen molar-refractivity contribution in [3.63, 3.8) is 0 Å². The standard InChI is InChI=1S/C20H26O3.C16H24O3/c1-4-16(2)18-10-12-20(13-11-18)23-17(3)21-14-15-22-19-8-6-5-7-9-19;1-6-12(2)13-7-9-14(10-8-13)18-11-15(17)19-16(3,4)5/h5-13,16-17H,4,14-15H2,1-3H3;7-10,12H,6,11H2,1-5H3. The van der Waals surface area contributed by atoms with E-state index in [1.165, 1.54) is 11.1 Å². The van der Waals surface area contributed by atoms with Gasteiger partial charge in [-0.1, -0.05) is 70.2 Å². The molecule has 0 saturated heterocycles. The van der Waals surface area contributed by atoms with Crippen LogP contribution in [0.15, 0.2) is 78.9 Å². The van der Waals surface area contributed by atoms with Gasteiger partial charge in [0, 0.05) is 0 Å². The minimum Gasteiger partial charge on any atom is -0.491 e. The molecule has 3 unspecified atom stereocenters. The monoisotopic (exact) mass is 578 g/mol. The first-order valence-electron chi connectivity index (χ1n) is 15.0. The zero-order valence-electron chi connectivity index (χ0n) is 26.7. The fraction of sp³-hybridized carbons (Fsp3) is 0.472. The van der Waals surface area contributed by atoms with Gasteiger partial charge in [-0.25, -0.2) is 4.79 Å². The van der Waals surface area contributed by atoms with Gasteiger partial charge in [-0.2, -0.15) is 0 Å². The van der Waals surface area contributed by atoms with Crippen LogP contribution in [-0.2, 0) is 14.3 Å². The number of para-hydroxylation sites is 1. The van der Waals surface area contributed by atoms with Crippen molar-refractivity contribution in [1.29, 1.82) is 0 Å². The van der Waals surface area contributed by atoms with Gasteiger partial charge in [-0.15, -0.1) is 0 Å². The summed E-state index contributed by atoms with van der Waals surface area (Å²) in [5.41, 5.74) is 2.15. The van der Waals surface area contributed by atoms with E-state index in [0.29, 0.717) is 30.8 Å². The van der Waals surface area contributed by atoms with Gasteiger partial charge in [0.25, 0.3) is 0 Å². The van der Waals surface area contributed by atoms with Crippen molar-refractivity contribution in [2.75, 3.05) is 19.8 Å². The summed E-state index contributed by atoms with van der Waals surface area (Å²) in [6, 6.07) is 25.8. The Morgan fingerprint density at radius 2 is 1.17 bits per heavy atom. The second-order valence-electron chi connectivity index (χ2n) is 11.3. The van der Waals surface area contributed by atoms with E-state index in [1.54, 1.807) is 0 Å². The highest BCUT2D eigenvalue weighted by Gasteiger charge is 2.16. The third kappa shape index (κ3) is 13.9. The van der Waals surface area contributed by atoms with Crippen LogP contribution in [0, 0.1) is 0 Å². The van der Waals surface area contributed by atoms with E-state index in [2.05, 4.69) is 39.8 Å². The molecule has 0 radical (unpaired) electrons. The van der Waals surface area contributed by atoms with E-state index >= 15 is 0 Å². The maximum Gasteiger partial charge on any atom is 0.344 e. The van der Waals surface area contributed by atoms with Crippen LogP contribution in [0.4, 0.5) is 0 Å². The third-order valence-corrected chi connectivity index (χ3v) is 6.65. The zero-order chi connectivity index (χ0) is 31.0. The van der Waals surface area contributed by atoms with Crippen LogP contribution in [-0.4, -0.2) is 37.7 Å². The lowest BCUT2D eigenvalue weighted by molar-refractivity contribution is -0.157. The molecule has 0 N–H and O–H groups in total. The Hall–Kier alpha value is -3.51. The van der Waals surface area contributed by atoms with E-state index in [4.69, 9.17) is 23.7 Å². The first kappa shape index (κ1) is 34.7. The molecule has 3 rings (SSSR count). The van der Waals surface area contributed by atoms with E-state index < -0.39 is 5.60 Å². The first-order chi connectivity index (χ1) is 20.0. The van der Waals surface area contributed by atoms with Crippen molar-refractivity contribution in [3.05, 3.63) is 90.0 Å². The predicted octanol–water partition coefficient (Wildman–Crippen LogP) is 8.94. The average molecular weight is 579 g/mol. The highest BCUT2D eigenvalue weighted by atomic mass is 16.7. The van der Waals surface area contributed by atoms with Crippen LogP contribution in [0.3, 0.4) is 0 Å². The summed E-state index contributed by atoms with van der Waals surface area (Å²) in [6.45, 7) is 17.1. The number of benzene rings is 3. The highest BCUT2D eigenvalue weighted by molar-refractivity contribution is 5.71. The Balaban J connectivity index is 0.000000299. The third-order valence-electron chi connectivity index (χ3n) is 6.65. The minimum atomic E-state index is -0.471. The fourth-order valence-electron chi connectivity index (χ4n) is 3.87. The molecule has 3 atom stereocenters. The Kier molecular flexibility index (Phi) is 15.0. The molecule has 0 spiro atoms. The Bertz CT molecular complexity index is 1140. The number of rotatable bonds is 14. The maximum absolute atomic E-state index is 11.5. The minimum absolute atomic E-state index is 0.0556.